The van der Waals surface area contributed by atoms with Crippen molar-refractivity contribution in [3.8, 4) is 11.5 Å². The van der Waals surface area contributed by atoms with E-state index in [2.05, 4.69) is 24.5 Å². The number of anilines is 1. The van der Waals surface area contributed by atoms with Crippen LogP contribution in [0.2, 0.25) is 0 Å². The molecule has 0 aliphatic carbocycles. The molecule has 2 N–H and O–H groups in total. The van der Waals surface area contributed by atoms with E-state index in [1.807, 2.05) is 42.5 Å². The van der Waals surface area contributed by atoms with Crippen LogP contribution in [0, 0.1) is 0 Å². The highest BCUT2D eigenvalue weighted by Gasteiger charge is 2.36. The Hall–Kier alpha value is -3.48. The molecule has 2 aromatic carbocycles. The second kappa shape index (κ2) is 9.79. The van der Waals surface area contributed by atoms with Gasteiger partial charge >= 0.3 is 0 Å². The summed E-state index contributed by atoms with van der Waals surface area (Å²) in [5.41, 5.74) is 2.68. The van der Waals surface area contributed by atoms with E-state index in [4.69, 9.17) is 9.47 Å². The zero-order chi connectivity index (χ0) is 24.3. The minimum absolute atomic E-state index is 0.118. The van der Waals surface area contributed by atoms with Crippen LogP contribution in [0.3, 0.4) is 0 Å². The molecule has 4 rings (SSSR count). The number of likely N-dealkylation sites (tertiary alicyclic amines) is 1. The topological polar surface area (TPSA) is 79.9 Å². The van der Waals surface area contributed by atoms with Crippen LogP contribution in [0.1, 0.15) is 44.2 Å². The van der Waals surface area contributed by atoms with Gasteiger partial charge in [0, 0.05) is 29.9 Å². The monoisotopic (exact) mass is 463 g/mol. The number of nitrogens with zero attached hydrogens (tertiary/aromatic N) is 1. The van der Waals surface area contributed by atoms with Gasteiger partial charge in [-0.1, -0.05) is 18.2 Å². The van der Waals surface area contributed by atoms with E-state index in [9.17, 15) is 9.59 Å². The fourth-order valence-corrected chi connectivity index (χ4v) is 4.71. The van der Waals surface area contributed by atoms with Crippen LogP contribution in [0.25, 0.3) is 5.70 Å². The van der Waals surface area contributed by atoms with Crippen molar-refractivity contribution in [2.75, 3.05) is 32.6 Å². The lowest BCUT2D eigenvalue weighted by atomic mass is 9.84. The van der Waals surface area contributed by atoms with Crippen LogP contribution in [-0.4, -0.2) is 49.6 Å². The highest BCUT2D eigenvalue weighted by atomic mass is 16.5. The molecule has 7 nitrogen and oxygen atoms in total. The molecular weight excluding hydrogens is 430 g/mol. The van der Waals surface area contributed by atoms with Crippen molar-refractivity contribution in [2.45, 2.75) is 45.1 Å². The molecule has 1 fully saturated rings. The average Bonchev–Trinajstić information content (AvgIpc) is 2.83. The summed E-state index contributed by atoms with van der Waals surface area (Å²) in [4.78, 5) is 29.3. The molecule has 0 spiro atoms. The standard InChI is InChI=1S/C27H33N3O4/c1-27(2)17-18-15-21(33-3)22(34-4)16-20(18)24(29-27)23(26(32)30-13-9-6-10-14-30)25(31)28-19-11-7-5-8-12-19/h5,7-8,11-12,15-16,29H,6,9-10,13-14,17H2,1-4H3,(H,28,31)/b24-23+. The number of hydrogen-bond acceptors (Lipinski definition) is 5. The molecule has 180 valence electrons. The first-order chi connectivity index (χ1) is 16.3. The molecule has 2 aromatic rings. The Morgan fingerprint density at radius 1 is 0.971 bits per heavy atom. The summed E-state index contributed by atoms with van der Waals surface area (Å²) in [5.74, 6) is 0.487. The maximum absolute atomic E-state index is 13.8. The molecule has 34 heavy (non-hydrogen) atoms. The Balaban J connectivity index is 1.89. The van der Waals surface area contributed by atoms with E-state index in [1.165, 1.54) is 0 Å². The van der Waals surface area contributed by atoms with Crippen molar-refractivity contribution in [1.82, 2.24) is 10.2 Å². The summed E-state index contributed by atoms with van der Waals surface area (Å²) in [5, 5.41) is 6.43. The normalized spacial score (nSPS) is 18.3. The van der Waals surface area contributed by atoms with E-state index in [0.717, 1.165) is 30.4 Å². The first kappa shape index (κ1) is 23.7. The molecule has 0 saturated carbocycles. The number of para-hydroxylation sites is 1. The largest absolute Gasteiger partial charge is 0.493 e. The fourth-order valence-electron chi connectivity index (χ4n) is 4.71. The predicted molar refractivity (Wildman–Crippen MR) is 133 cm³/mol. The number of carbonyl (C=O) groups excluding carboxylic acids is 2. The van der Waals surface area contributed by atoms with Crippen molar-refractivity contribution in [1.29, 1.82) is 0 Å². The lowest BCUT2D eigenvalue weighted by molar-refractivity contribution is -0.130. The van der Waals surface area contributed by atoms with E-state index in [-0.39, 0.29) is 17.0 Å². The van der Waals surface area contributed by atoms with Gasteiger partial charge in [-0.3, -0.25) is 9.59 Å². The number of benzene rings is 2. The number of rotatable bonds is 5. The Labute approximate surface area is 201 Å². The number of amides is 2. The van der Waals surface area contributed by atoms with E-state index < -0.39 is 5.91 Å². The number of piperidine rings is 1. The maximum Gasteiger partial charge on any atom is 0.263 e. The molecule has 2 amide bonds. The third-order valence-corrected chi connectivity index (χ3v) is 6.34. The summed E-state index contributed by atoms with van der Waals surface area (Å²) in [6.45, 7) is 5.42. The minimum atomic E-state index is -0.428. The Kier molecular flexibility index (Phi) is 6.82. The van der Waals surface area contributed by atoms with Crippen LogP contribution < -0.4 is 20.1 Å². The molecule has 7 heteroatoms. The third-order valence-electron chi connectivity index (χ3n) is 6.34. The average molecular weight is 464 g/mol. The molecule has 2 heterocycles. The minimum Gasteiger partial charge on any atom is -0.493 e. The summed E-state index contributed by atoms with van der Waals surface area (Å²) < 4.78 is 11.1. The second-order valence-electron chi connectivity index (χ2n) is 9.47. The van der Waals surface area contributed by atoms with Crippen molar-refractivity contribution in [2.24, 2.45) is 0 Å². The molecule has 0 radical (unpaired) electrons. The molecule has 0 aromatic heterocycles. The van der Waals surface area contributed by atoms with Crippen LogP contribution in [0.4, 0.5) is 5.69 Å². The maximum atomic E-state index is 13.8. The Morgan fingerprint density at radius 3 is 2.26 bits per heavy atom. The number of hydrogen-bond donors (Lipinski definition) is 2. The first-order valence-electron chi connectivity index (χ1n) is 11.8. The third kappa shape index (κ3) is 4.88. The Morgan fingerprint density at radius 2 is 1.62 bits per heavy atom. The molecule has 0 bridgehead atoms. The molecule has 2 aliphatic rings. The van der Waals surface area contributed by atoms with Crippen LogP contribution >= 0.6 is 0 Å². The zero-order valence-electron chi connectivity index (χ0n) is 20.4. The number of carbonyl (C=O) groups is 2. The van der Waals surface area contributed by atoms with Crippen molar-refractivity contribution >= 4 is 23.2 Å². The van der Waals surface area contributed by atoms with Crippen molar-refractivity contribution in [3.63, 3.8) is 0 Å². The summed E-state index contributed by atoms with van der Waals surface area (Å²) in [7, 11) is 3.18. The van der Waals surface area contributed by atoms with Gasteiger partial charge in [-0.05, 0) is 69.4 Å². The summed E-state index contributed by atoms with van der Waals surface area (Å²) in [6.07, 6.45) is 3.68. The highest BCUT2D eigenvalue weighted by molar-refractivity contribution is 6.27. The first-order valence-corrected chi connectivity index (χ1v) is 11.8. The van der Waals surface area contributed by atoms with Gasteiger partial charge in [0.25, 0.3) is 11.8 Å². The van der Waals surface area contributed by atoms with Crippen LogP contribution in [0.15, 0.2) is 48.0 Å². The van der Waals surface area contributed by atoms with Crippen LogP contribution in [0.5, 0.6) is 11.5 Å². The Bertz CT molecular complexity index is 1100. The summed E-state index contributed by atoms with van der Waals surface area (Å²) in [6, 6.07) is 13.0. The quantitative estimate of drug-likeness (QED) is 0.398. The molecule has 2 aliphatic heterocycles. The van der Waals surface area contributed by atoms with Gasteiger partial charge in [0.1, 0.15) is 5.57 Å². The lowest BCUT2D eigenvalue weighted by Crippen LogP contribution is -2.47. The molecule has 0 unspecified atom stereocenters. The van der Waals surface area contributed by atoms with Gasteiger partial charge in [-0.15, -0.1) is 0 Å². The predicted octanol–water partition coefficient (Wildman–Crippen LogP) is 3.99. The van der Waals surface area contributed by atoms with Gasteiger partial charge < -0.3 is 25.0 Å². The van der Waals surface area contributed by atoms with Crippen LogP contribution in [-0.2, 0) is 16.0 Å². The number of nitrogens with one attached hydrogen (secondary N) is 2. The summed E-state index contributed by atoms with van der Waals surface area (Å²) >= 11 is 0. The number of fused-ring (bicyclic) bond motifs is 1. The van der Waals surface area contributed by atoms with Gasteiger partial charge in [0.2, 0.25) is 0 Å². The molecular formula is C27H33N3O4. The fraction of sp³-hybridized carbons (Fsp3) is 0.407. The lowest BCUT2D eigenvalue weighted by Gasteiger charge is -2.37. The van der Waals surface area contributed by atoms with Crippen molar-refractivity contribution in [3.05, 3.63) is 59.2 Å². The molecule has 0 atom stereocenters. The van der Waals surface area contributed by atoms with Gasteiger partial charge in [-0.2, -0.15) is 0 Å². The van der Waals surface area contributed by atoms with E-state index in [0.29, 0.717) is 42.4 Å². The van der Waals surface area contributed by atoms with E-state index in [1.54, 1.807) is 19.1 Å². The van der Waals surface area contributed by atoms with Gasteiger partial charge in [0.05, 0.1) is 19.9 Å². The van der Waals surface area contributed by atoms with E-state index >= 15 is 0 Å². The van der Waals surface area contributed by atoms with Gasteiger partial charge in [0.15, 0.2) is 11.5 Å². The second-order valence-corrected chi connectivity index (χ2v) is 9.47. The van der Waals surface area contributed by atoms with Gasteiger partial charge in [-0.25, -0.2) is 0 Å². The zero-order valence-corrected chi connectivity index (χ0v) is 20.4. The smallest absolute Gasteiger partial charge is 0.263 e. The molecule has 1 saturated heterocycles. The highest BCUT2D eigenvalue weighted by Crippen LogP contribution is 2.39. The SMILES string of the molecule is COc1cc2c(cc1OC)/C(=C(/C(=O)Nc1ccccc1)C(=O)N1CCCCC1)NC(C)(C)C2. The number of ether oxygens (including phenoxy) is 2. The number of methoxy groups -OCH3 is 2. The van der Waals surface area contributed by atoms with Crippen molar-refractivity contribution < 1.29 is 19.1 Å².